The standard InChI is InChI=1S/C31H37F2N5O5S/c1-17-20(8-9-21(32)24(17)33)25-23(28(39)43-4)22(35-26(36-25)27-34-11-13-44-27)14-18-6-5-7-19-15-37(16-31(2,3)29(40)41)30(42)38(19)12-10-18/h8-9,11,13,18-19,25H,5-7,10,12,14-16H2,1-4H3,(H,35,36)(H,40,41)/t18?,19-,25-/m0/s1. The van der Waals surface area contributed by atoms with Crippen LogP contribution >= 0.6 is 11.3 Å². The van der Waals surface area contributed by atoms with Crippen LogP contribution in [0.4, 0.5) is 13.6 Å². The summed E-state index contributed by atoms with van der Waals surface area (Å²) in [5, 5.41) is 15.3. The van der Waals surface area contributed by atoms with Gasteiger partial charge in [0.1, 0.15) is 6.04 Å². The number of carbonyl (C=O) groups excluding carboxylic acids is 2. The summed E-state index contributed by atoms with van der Waals surface area (Å²) in [5.41, 5.74) is 0.151. The number of amidine groups is 1. The van der Waals surface area contributed by atoms with Crippen molar-refractivity contribution in [1.29, 1.82) is 0 Å². The third kappa shape index (κ3) is 6.19. The minimum atomic E-state index is -1.05. The van der Waals surface area contributed by atoms with E-state index in [0.29, 0.717) is 48.0 Å². The van der Waals surface area contributed by atoms with Gasteiger partial charge >= 0.3 is 18.0 Å². The van der Waals surface area contributed by atoms with Gasteiger partial charge in [0.05, 0.1) is 24.1 Å². The number of aromatic nitrogens is 1. The Balaban J connectivity index is 1.43. The first-order valence-corrected chi connectivity index (χ1v) is 15.6. The molecule has 0 spiro atoms. The van der Waals surface area contributed by atoms with Gasteiger partial charge in [0.2, 0.25) is 0 Å². The summed E-state index contributed by atoms with van der Waals surface area (Å²) < 4.78 is 34.0. The predicted molar refractivity (Wildman–Crippen MR) is 160 cm³/mol. The van der Waals surface area contributed by atoms with Gasteiger partial charge < -0.3 is 25.0 Å². The van der Waals surface area contributed by atoms with E-state index in [2.05, 4.69) is 10.3 Å². The van der Waals surface area contributed by atoms with Crippen LogP contribution in [0.2, 0.25) is 0 Å². The molecule has 2 fully saturated rings. The number of methoxy groups -OCH3 is 1. The highest BCUT2D eigenvalue weighted by molar-refractivity contribution is 7.11. The fourth-order valence-electron chi connectivity index (χ4n) is 6.32. The van der Waals surface area contributed by atoms with E-state index in [1.165, 1.54) is 31.4 Å². The average molecular weight is 630 g/mol. The zero-order chi connectivity index (χ0) is 31.8. The van der Waals surface area contributed by atoms with Gasteiger partial charge in [0.25, 0.3) is 0 Å². The zero-order valence-corrected chi connectivity index (χ0v) is 26.0. The van der Waals surface area contributed by atoms with E-state index < -0.39 is 35.0 Å². The number of aliphatic carboxylic acids is 1. The highest BCUT2D eigenvalue weighted by Crippen LogP contribution is 2.39. The van der Waals surface area contributed by atoms with Crippen molar-refractivity contribution < 1.29 is 33.0 Å². The quantitative estimate of drug-likeness (QED) is 0.392. The molecule has 0 bridgehead atoms. The molecule has 1 unspecified atom stereocenters. The van der Waals surface area contributed by atoms with Crippen LogP contribution in [0.15, 0.2) is 40.0 Å². The van der Waals surface area contributed by atoms with E-state index in [9.17, 15) is 28.3 Å². The fourth-order valence-corrected chi connectivity index (χ4v) is 6.90. The normalized spacial score (nSPS) is 22.6. The van der Waals surface area contributed by atoms with Crippen LogP contribution in [0.25, 0.3) is 0 Å². The number of allylic oxidation sites excluding steroid dienone is 1. The van der Waals surface area contributed by atoms with Gasteiger partial charge in [-0.25, -0.2) is 23.4 Å². The number of urea groups is 1. The van der Waals surface area contributed by atoms with Crippen molar-refractivity contribution >= 4 is 35.1 Å². The molecule has 0 aliphatic carbocycles. The molecular weight excluding hydrogens is 592 g/mol. The Hall–Kier alpha value is -3.87. The number of esters is 1. The Kier molecular flexibility index (Phi) is 9.05. The number of halogens is 2. The monoisotopic (exact) mass is 629 g/mol. The molecule has 1 aromatic carbocycles. The molecular formula is C31H37F2N5O5S. The van der Waals surface area contributed by atoms with E-state index in [0.717, 1.165) is 25.3 Å². The lowest BCUT2D eigenvalue weighted by Crippen LogP contribution is -2.42. The Bertz CT molecular complexity index is 1510. The van der Waals surface area contributed by atoms with Gasteiger partial charge in [-0.15, -0.1) is 11.3 Å². The van der Waals surface area contributed by atoms with Crippen molar-refractivity contribution in [1.82, 2.24) is 20.1 Å². The molecule has 0 saturated carbocycles. The smallest absolute Gasteiger partial charge is 0.338 e. The summed E-state index contributed by atoms with van der Waals surface area (Å²) in [5.74, 6) is -3.05. The Labute approximate surface area is 258 Å². The van der Waals surface area contributed by atoms with E-state index in [4.69, 9.17) is 9.73 Å². The Morgan fingerprint density at radius 2 is 2.00 bits per heavy atom. The van der Waals surface area contributed by atoms with Crippen LogP contribution in [0.5, 0.6) is 0 Å². The van der Waals surface area contributed by atoms with Gasteiger partial charge in [0, 0.05) is 36.9 Å². The minimum absolute atomic E-state index is 0.0232. The van der Waals surface area contributed by atoms with Crippen molar-refractivity contribution in [3.05, 3.63) is 62.7 Å². The number of nitrogens with one attached hydrogen (secondary N) is 1. The van der Waals surface area contributed by atoms with Crippen molar-refractivity contribution in [2.24, 2.45) is 16.3 Å². The molecule has 3 aliphatic heterocycles. The third-order valence-corrected chi connectivity index (χ3v) is 9.60. The van der Waals surface area contributed by atoms with Crippen LogP contribution < -0.4 is 5.32 Å². The van der Waals surface area contributed by atoms with Crippen LogP contribution in [0.3, 0.4) is 0 Å². The van der Waals surface area contributed by atoms with Crippen LogP contribution in [-0.2, 0) is 14.3 Å². The number of amides is 2. The summed E-state index contributed by atoms with van der Waals surface area (Å²) in [6, 6.07) is 1.40. The van der Waals surface area contributed by atoms with Gasteiger partial charge in [-0.05, 0) is 69.6 Å². The van der Waals surface area contributed by atoms with Crippen molar-refractivity contribution in [2.75, 3.05) is 26.7 Å². The number of carboxylic acid groups (broad SMARTS) is 1. The molecule has 2 N–H and O–H groups in total. The summed E-state index contributed by atoms with van der Waals surface area (Å²) in [6.45, 7) is 5.84. The predicted octanol–water partition coefficient (Wildman–Crippen LogP) is 5.05. The van der Waals surface area contributed by atoms with E-state index in [-0.39, 0.29) is 35.7 Å². The first kappa shape index (κ1) is 31.6. The topological polar surface area (TPSA) is 124 Å². The molecule has 2 saturated heterocycles. The van der Waals surface area contributed by atoms with Crippen LogP contribution in [0, 0.1) is 29.9 Å². The second-order valence-corrected chi connectivity index (χ2v) is 13.2. The second kappa shape index (κ2) is 12.6. The summed E-state index contributed by atoms with van der Waals surface area (Å²) in [6.07, 6.45) is 5.21. The lowest BCUT2D eigenvalue weighted by Gasteiger charge is -2.32. The lowest BCUT2D eigenvalue weighted by molar-refractivity contribution is -0.147. The van der Waals surface area contributed by atoms with Crippen molar-refractivity contribution in [3.63, 3.8) is 0 Å². The number of ether oxygens (including phenoxy) is 1. The largest absolute Gasteiger partial charge is 0.481 e. The SMILES string of the molecule is COC(=O)C1=C(CC2CCC[C@H]3CN(CC(C)(C)C(=O)O)C(=O)N3CC2)NC(c2nccs2)=N[C@H]1c1ccc(F)c(F)c1C. The zero-order valence-electron chi connectivity index (χ0n) is 25.2. The van der Waals surface area contributed by atoms with Crippen LogP contribution in [0.1, 0.15) is 68.1 Å². The van der Waals surface area contributed by atoms with E-state index in [1.807, 2.05) is 4.90 Å². The summed E-state index contributed by atoms with van der Waals surface area (Å²) in [4.78, 5) is 51.0. The maximum atomic E-state index is 14.7. The number of fused-ring (bicyclic) bond motifs is 1. The van der Waals surface area contributed by atoms with Crippen molar-refractivity contribution in [3.8, 4) is 0 Å². The summed E-state index contributed by atoms with van der Waals surface area (Å²) >= 11 is 1.36. The number of nitrogens with zero attached hydrogens (tertiary/aromatic N) is 4. The number of benzene rings is 1. The summed E-state index contributed by atoms with van der Waals surface area (Å²) in [7, 11) is 1.27. The minimum Gasteiger partial charge on any atom is -0.481 e. The second-order valence-electron chi connectivity index (χ2n) is 12.3. The molecule has 2 aromatic rings. The molecule has 44 heavy (non-hydrogen) atoms. The van der Waals surface area contributed by atoms with Gasteiger partial charge in [0.15, 0.2) is 22.5 Å². The molecule has 236 valence electrons. The molecule has 10 nitrogen and oxygen atoms in total. The number of hydrogen-bond donors (Lipinski definition) is 2. The van der Waals surface area contributed by atoms with E-state index >= 15 is 0 Å². The number of aliphatic imine (C=N–C) groups is 1. The molecule has 0 radical (unpaired) electrons. The van der Waals surface area contributed by atoms with Gasteiger partial charge in [-0.2, -0.15) is 0 Å². The number of rotatable bonds is 8. The highest BCUT2D eigenvalue weighted by Gasteiger charge is 2.42. The van der Waals surface area contributed by atoms with Crippen LogP contribution in [-0.4, -0.2) is 76.5 Å². The number of carboxylic acids is 1. The molecule has 4 heterocycles. The van der Waals surface area contributed by atoms with Gasteiger partial charge in [-0.3, -0.25) is 9.79 Å². The molecule has 3 atom stereocenters. The fraction of sp³-hybridized carbons (Fsp3) is 0.516. The van der Waals surface area contributed by atoms with Crippen molar-refractivity contribution in [2.45, 2.75) is 65.0 Å². The number of thiazole rings is 1. The Morgan fingerprint density at radius 3 is 2.68 bits per heavy atom. The molecule has 1 aromatic heterocycles. The maximum Gasteiger partial charge on any atom is 0.338 e. The molecule has 2 amide bonds. The number of carbonyl (C=O) groups is 3. The van der Waals surface area contributed by atoms with Gasteiger partial charge in [-0.1, -0.05) is 12.5 Å². The average Bonchev–Trinajstić information content (AvgIpc) is 3.61. The molecule has 5 rings (SSSR count). The Morgan fingerprint density at radius 1 is 1.23 bits per heavy atom. The lowest BCUT2D eigenvalue weighted by atomic mass is 9.86. The molecule has 3 aliphatic rings. The van der Waals surface area contributed by atoms with E-state index in [1.54, 1.807) is 30.3 Å². The first-order chi connectivity index (χ1) is 20.9. The maximum absolute atomic E-state index is 14.7. The first-order valence-electron chi connectivity index (χ1n) is 14.7. The molecule has 13 heteroatoms. The number of hydrogen-bond acceptors (Lipinski definition) is 8. The highest BCUT2D eigenvalue weighted by atomic mass is 32.1. The third-order valence-electron chi connectivity index (χ3n) is 8.82.